The van der Waals surface area contributed by atoms with E-state index in [9.17, 15) is 14.9 Å². The van der Waals surface area contributed by atoms with Gasteiger partial charge < -0.3 is 15.8 Å². The van der Waals surface area contributed by atoms with Gasteiger partial charge in [-0.2, -0.15) is 0 Å². The number of carboxylic acid groups (broad SMARTS) is 1. The lowest BCUT2D eigenvalue weighted by Gasteiger charge is -2.07. The third-order valence-corrected chi connectivity index (χ3v) is 3.81. The van der Waals surface area contributed by atoms with E-state index in [1.54, 1.807) is 12.3 Å². The highest BCUT2D eigenvalue weighted by Gasteiger charge is 2.21. The van der Waals surface area contributed by atoms with Crippen LogP contribution in [0.1, 0.15) is 5.56 Å². The van der Waals surface area contributed by atoms with Crippen molar-refractivity contribution in [3.05, 3.63) is 34.0 Å². The minimum Gasteiger partial charge on any atom is -0.480 e. The number of aliphatic carboxylic acids is 1. The van der Waals surface area contributed by atoms with E-state index in [1.165, 1.54) is 17.8 Å². The molecule has 0 bridgehead atoms. The number of nitrogens with two attached hydrogens (primary N) is 1. The zero-order valence-corrected chi connectivity index (χ0v) is 11.4. The van der Waals surface area contributed by atoms with Crippen molar-refractivity contribution in [3.63, 3.8) is 0 Å². The van der Waals surface area contributed by atoms with E-state index < -0.39 is 16.9 Å². The first-order valence-electron chi connectivity index (χ1n) is 5.75. The maximum atomic E-state index is 11.0. The van der Waals surface area contributed by atoms with Crippen LogP contribution in [0.2, 0.25) is 0 Å². The molecule has 1 aromatic carbocycles. The van der Waals surface area contributed by atoms with E-state index in [0.717, 1.165) is 4.90 Å². The molecule has 0 aliphatic rings. The summed E-state index contributed by atoms with van der Waals surface area (Å²) < 4.78 is 0. The lowest BCUT2D eigenvalue weighted by atomic mass is 10.1. The smallest absolute Gasteiger partial charge is 0.320 e. The lowest BCUT2D eigenvalue weighted by Crippen LogP contribution is -2.32. The summed E-state index contributed by atoms with van der Waals surface area (Å²) in [4.78, 5) is 25.1. The van der Waals surface area contributed by atoms with Crippen LogP contribution >= 0.6 is 11.8 Å². The predicted molar refractivity (Wildman–Crippen MR) is 76.0 cm³/mol. The maximum absolute atomic E-state index is 11.0. The molecule has 106 valence electrons. The second kappa shape index (κ2) is 5.51. The van der Waals surface area contributed by atoms with E-state index in [-0.39, 0.29) is 12.1 Å². The number of benzene rings is 1. The van der Waals surface area contributed by atoms with Crippen LogP contribution in [0, 0.1) is 10.1 Å². The van der Waals surface area contributed by atoms with Gasteiger partial charge in [0.25, 0.3) is 5.69 Å². The number of hydrogen-bond donors (Lipinski definition) is 3. The van der Waals surface area contributed by atoms with Crippen LogP contribution in [0.5, 0.6) is 0 Å². The average molecular weight is 295 g/mol. The number of nitro groups is 1. The van der Waals surface area contributed by atoms with Gasteiger partial charge in [0.15, 0.2) is 0 Å². The molecule has 0 spiro atoms. The zero-order valence-electron chi connectivity index (χ0n) is 10.6. The number of non-ortho nitro benzene ring substituents is 1. The molecular formula is C12H13N3O4S. The SMILES string of the molecule is CSc1ccc([N+](=O)[O-])c2[nH]cc(C[C@H](N)C(=O)O)c12. The first kappa shape index (κ1) is 14.4. The third kappa shape index (κ3) is 2.47. The molecule has 20 heavy (non-hydrogen) atoms. The molecule has 0 radical (unpaired) electrons. The van der Waals surface area contributed by atoms with Gasteiger partial charge in [0.05, 0.1) is 4.92 Å². The maximum Gasteiger partial charge on any atom is 0.320 e. The second-order valence-electron chi connectivity index (χ2n) is 4.26. The first-order chi connectivity index (χ1) is 9.45. The van der Waals surface area contributed by atoms with Crippen molar-refractivity contribution in [1.82, 2.24) is 4.98 Å². The third-order valence-electron chi connectivity index (χ3n) is 3.03. The molecular weight excluding hydrogens is 282 g/mol. The Kier molecular flexibility index (Phi) is 3.96. The van der Waals surface area contributed by atoms with Crippen molar-refractivity contribution in [2.75, 3.05) is 6.26 Å². The standard InChI is InChI=1S/C12H13N3O4S/c1-20-9-3-2-8(15(18)19)11-10(9)6(5-14-11)4-7(13)12(16)17/h2-3,5,7,14H,4,13H2,1H3,(H,16,17)/t7-/m0/s1. The van der Waals surface area contributed by atoms with Gasteiger partial charge in [-0.1, -0.05) is 0 Å². The Morgan fingerprint density at radius 2 is 2.30 bits per heavy atom. The van der Waals surface area contributed by atoms with E-state index in [1.807, 2.05) is 6.26 Å². The molecule has 8 heteroatoms. The molecule has 0 saturated heterocycles. The van der Waals surface area contributed by atoms with Crippen LogP contribution in [-0.2, 0) is 11.2 Å². The summed E-state index contributed by atoms with van der Waals surface area (Å²) >= 11 is 1.44. The second-order valence-corrected chi connectivity index (χ2v) is 5.10. The van der Waals surface area contributed by atoms with E-state index in [2.05, 4.69) is 4.98 Å². The van der Waals surface area contributed by atoms with Crippen molar-refractivity contribution < 1.29 is 14.8 Å². The summed E-state index contributed by atoms with van der Waals surface area (Å²) in [5, 5.41) is 20.6. The van der Waals surface area contributed by atoms with Gasteiger partial charge in [0, 0.05) is 29.0 Å². The zero-order chi connectivity index (χ0) is 14.9. The summed E-state index contributed by atoms with van der Waals surface area (Å²) in [5.41, 5.74) is 6.57. The highest BCUT2D eigenvalue weighted by Crippen LogP contribution is 2.35. The number of nitro benzene ring substituents is 1. The van der Waals surface area contributed by atoms with Crippen molar-refractivity contribution in [1.29, 1.82) is 0 Å². The van der Waals surface area contributed by atoms with Gasteiger partial charge in [0.2, 0.25) is 0 Å². The number of aromatic nitrogens is 1. The number of thioether (sulfide) groups is 1. The molecule has 4 N–H and O–H groups in total. The minimum atomic E-state index is -1.10. The average Bonchev–Trinajstić information content (AvgIpc) is 2.81. The summed E-state index contributed by atoms with van der Waals surface area (Å²) in [7, 11) is 0. The molecule has 0 fully saturated rings. The van der Waals surface area contributed by atoms with Gasteiger partial charge in [-0.3, -0.25) is 14.9 Å². The predicted octanol–water partition coefficient (Wildman–Crippen LogP) is 1.75. The van der Waals surface area contributed by atoms with E-state index >= 15 is 0 Å². The van der Waals surface area contributed by atoms with Crippen molar-refractivity contribution in [2.24, 2.45) is 5.73 Å². The van der Waals surface area contributed by atoms with Crippen LogP contribution in [0.25, 0.3) is 10.9 Å². The van der Waals surface area contributed by atoms with Crippen molar-refractivity contribution in [3.8, 4) is 0 Å². The normalized spacial score (nSPS) is 12.5. The van der Waals surface area contributed by atoms with Crippen LogP contribution in [0.4, 0.5) is 5.69 Å². The van der Waals surface area contributed by atoms with Crippen LogP contribution in [0.3, 0.4) is 0 Å². The lowest BCUT2D eigenvalue weighted by molar-refractivity contribution is -0.383. The molecule has 2 rings (SSSR count). The molecule has 0 unspecified atom stereocenters. The fourth-order valence-corrected chi connectivity index (χ4v) is 2.72. The number of carbonyl (C=O) groups is 1. The Balaban J connectivity index is 2.60. The number of aromatic amines is 1. The van der Waals surface area contributed by atoms with Crippen LogP contribution < -0.4 is 5.73 Å². The number of nitrogens with one attached hydrogen (secondary N) is 1. The summed E-state index contributed by atoms with van der Waals surface area (Å²) in [6, 6.07) is 2.06. The van der Waals surface area contributed by atoms with Gasteiger partial charge in [0.1, 0.15) is 11.6 Å². The van der Waals surface area contributed by atoms with E-state index in [4.69, 9.17) is 10.8 Å². The molecule has 0 amide bonds. The molecule has 1 atom stereocenters. The Morgan fingerprint density at radius 3 is 2.85 bits per heavy atom. The van der Waals surface area contributed by atoms with Crippen molar-refractivity contribution in [2.45, 2.75) is 17.4 Å². The summed E-state index contributed by atoms with van der Waals surface area (Å²) in [6.07, 6.45) is 3.55. The monoisotopic (exact) mass is 295 g/mol. The fraction of sp³-hybridized carbons (Fsp3) is 0.250. The number of rotatable bonds is 5. The Labute approximate surface area is 118 Å². The number of hydrogen-bond acceptors (Lipinski definition) is 5. The summed E-state index contributed by atoms with van der Waals surface area (Å²) in [5.74, 6) is -1.10. The molecule has 2 aromatic rings. The number of fused-ring (bicyclic) bond motifs is 1. The largest absolute Gasteiger partial charge is 0.480 e. The van der Waals surface area contributed by atoms with Gasteiger partial charge in [-0.05, 0) is 17.9 Å². The Hall–Kier alpha value is -2.06. The number of H-pyrrole nitrogens is 1. The van der Waals surface area contributed by atoms with Gasteiger partial charge >= 0.3 is 5.97 Å². The number of carboxylic acids is 1. The van der Waals surface area contributed by atoms with Crippen LogP contribution in [0.15, 0.2) is 23.2 Å². The first-order valence-corrected chi connectivity index (χ1v) is 6.98. The van der Waals surface area contributed by atoms with E-state index in [0.29, 0.717) is 16.5 Å². The Morgan fingerprint density at radius 1 is 1.60 bits per heavy atom. The van der Waals surface area contributed by atoms with Crippen LogP contribution in [-0.4, -0.2) is 33.3 Å². The minimum absolute atomic E-state index is 0.0343. The highest BCUT2D eigenvalue weighted by molar-refractivity contribution is 7.98. The molecule has 7 nitrogen and oxygen atoms in total. The number of nitrogens with zero attached hydrogens (tertiary/aromatic N) is 1. The molecule has 0 saturated carbocycles. The van der Waals surface area contributed by atoms with Crippen molar-refractivity contribution >= 4 is 34.3 Å². The molecule has 0 aliphatic carbocycles. The summed E-state index contributed by atoms with van der Waals surface area (Å²) in [6.45, 7) is 0. The topological polar surface area (TPSA) is 122 Å². The Bertz CT molecular complexity index is 683. The quantitative estimate of drug-likeness (QED) is 0.439. The van der Waals surface area contributed by atoms with Gasteiger partial charge in [-0.25, -0.2) is 0 Å². The highest BCUT2D eigenvalue weighted by atomic mass is 32.2. The fourth-order valence-electron chi connectivity index (χ4n) is 2.08. The van der Waals surface area contributed by atoms with Gasteiger partial charge in [-0.15, -0.1) is 11.8 Å². The molecule has 1 heterocycles. The molecule has 0 aliphatic heterocycles. The molecule has 1 aromatic heterocycles.